The molecule has 11 nitrogen and oxygen atoms in total. The van der Waals surface area contributed by atoms with Gasteiger partial charge in [-0.25, -0.2) is 14.5 Å². The predicted octanol–water partition coefficient (Wildman–Crippen LogP) is 1.50. The minimum atomic E-state index is -0.945. The van der Waals surface area contributed by atoms with E-state index < -0.39 is 34.7 Å². The molecular weight excluding hydrogens is 304 g/mol. The van der Waals surface area contributed by atoms with E-state index in [1.54, 1.807) is 20.8 Å². The Hall–Kier alpha value is -1.05. The van der Waals surface area contributed by atoms with Crippen LogP contribution >= 0.6 is 0 Å². The molecule has 0 unspecified atom stereocenters. The number of rotatable bonds is 9. The molecule has 11 heteroatoms. The monoisotopic (exact) mass is 328 g/mol. The fraction of sp³-hybridized carbons (Fsp3) is 0.909. The van der Waals surface area contributed by atoms with Crippen molar-refractivity contribution in [2.24, 2.45) is 0 Å². The van der Waals surface area contributed by atoms with E-state index in [4.69, 9.17) is 30.3 Å². The Morgan fingerprint density at radius 3 is 2.09 bits per heavy atom. The molecule has 132 valence electrons. The van der Waals surface area contributed by atoms with Crippen molar-refractivity contribution >= 4 is 6.16 Å². The molecule has 0 saturated carbocycles. The van der Waals surface area contributed by atoms with Crippen LogP contribution in [0.1, 0.15) is 40.5 Å². The number of hydrogen-bond donors (Lipinski definition) is 4. The van der Waals surface area contributed by atoms with Crippen molar-refractivity contribution in [1.82, 2.24) is 10.8 Å². The average Bonchev–Trinajstić information content (AvgIpc) is 2.29. The van der Waals surface area contributed by atoms with Gasteiger partial charge in [-0.2, -0.15) is 0 Å². The fourth-order valence-electron chi connectivity index (χ4n) is 1.43. The summed E-state index contributed by atoms with van der Waals surface area (Å²) < 4.78 is 9.76. The number of hydrogen-bond acceptors (Lipinski definition) is 11. The van der Waals surface area contributed by atoms with E-state index in [0.717, 1.165) is 0 Å². The van der Waals surface area contributed by atoms with Gasteiger partial charge in [-0.3, -0.25) is 20.8 Å². The quantitative estimate of drug-likeness (QED) is 0.278. The van der Waals surface area contributed by atoms with Crippen LogP contribution in [0.5, 0.6) is 0 Å². The smallest absolute Gasteiger partial charge is 0.434 e. The maximum Gasteiger partial charge on any atom is 0.508 e. The third-order valence-electron chi connectivity index (χ3n) is 2.26. The van der Waals surface area contributed by atoms with Crippen LogP contribution in [0.4, 0.5) is 4.79 Å². The van der Waals surface area contributed by atoms with Crippen molar-refractivity contribution in [3.05, 3.63) is 0 Å². The third-order valence-corrected chi connectivity index (χ3v) is 2.26. The first-order chi connectivity index (χ1) is 10.0. The molecule has 0 rings (SSSR count). The molecule has 0 amide bonds. The maximum atomic E-state index is 11.3. The van der Waals surface area contributed by atoms with Gasteiger partial charge in [0.2, 0.25) is 0 Å². The Balaban J connectivity index is 4.15. The predicted molar refractivity (Wildman–Crippen MR) is 67.7 cm³/mol. The molecule has 0 heterocycles. The van der Waals surface area contributed by atoms with Gasteiger partial charge in [0.25, 0.3) is 0 Å². The highest BCUT2D eigenvalue weighted by atomic mass is 17.1. The van der Waals surface area contributed by atoms with Crippen molar-refractivity contribution in [3.8, 4) is 0 Å². The summed E-state index contributed by atoms with van der Waals surface area (Å²) in [6.07, 6.45) is -2.26. The molecule has 2 atom stereocenters. The molecule has 4 N–H and O–H groups in total. The topological polar surface area (TPSA) is 141 Å². The average molecular weight is 328 g/mol. The molecule has 0 saturated heterocycles. The van der Waals surface area contributed by atoms with Crippen LogP contribution < -0.4 is 0 Å². The highest BCUT2D eigenvalue weighted by Crippen LogP contribution is 2.13. The summed E-state index contributed by atoms with van der Waals surface area (Å²) in [6.45, 7) is 6.50. The molecule has 0 bridgehead atoms. The summed E-state index contributed by atoms with van der Waals surface area (Å²) in [5.74, 6) is 0. The lowest BCUT2D eigenvalue weighted by molar-refractivity contribution is -0.537. The molecular formula is C11H24N2O9. The van der Waals surface area contributed by atoms with Crippen molar-refractivity contribution in [2.75, 3.05) is 6.61 Å². The molecule has 0 radical (unpaired) electrons. The van der Waals surface area contributed by atoms with Crippen LogP contribution in [-0.2, 0) is 19.1 Å². The number of nitrogens with zero attached hydrogens (tertiary/aromatic N) is 2. The van der Waals surface area contributed by atoms with Gasteiger partial charge in [0.05, 0.1) is 17.4 Å². The van der Waals surface area contributed by atoms with Crippen LogP contribution in [-0.4, -0.2) is 62.2 Å². The minimum Gasteiger partial charge on any atom is -0.434 e. The lowest BCUT2D eigenvalue weighted by Crippen LogP contribution is -2.37. The van der Waals surface area contributed by atoms with Crippen molar-refractivity contribution in [2.45, 2.75) is 58.3 Å². The summed E-state index contributed by atoms with van der Waals surface area (Å²) in [5.41, 5.74) is -0.662. The number of carbonyl (C=O) groups is 1. The van der Waals surface area contributed by atoms with E-state index in [0.29, 0.717) is 0 Å². The zero-order chi connectivity index (χ0) is 17.3. The molecule has 22 heavy (non-hydrogen) atoms. The van der Waals surface area contributed by atoms with Gasteiger partial charge in [-0.15, -0.1) is 0 Å². The second-order valence-electron chi connectivity index (χ2n) is 5.41. The summed E-state index contributed by atoms with van der Waals surface area (Å²) in [7, 11) is 0. The molecule has 0 aliphatic heterocycles. The summed E-state index contributed by atoms with van der Waals surface area (Å²) >= 11 is 0. The van der Waals surface area contributed by atoms with E-state index in [-0.39, 0.29) is 19.4 Å². The van der Waals surface area contributed by atoms with Crippen LogP contribution in [0.15, 0.2) is 0 Å². The molecule has 0 fully saturated rings. The Kier molecular flexibility index (Phi) is 9.39. The fourth-order valence-corrected chi connectivity index (χ4v) is 1.43. The molecule has 0 aromatic heterocycles. The van der Waals surface area contributed by atoms with Gasteiger partial charge in [-0.05, 0) is 40.5 Å². The first kappa shape index (κ1) is 20.9. The van der Waals surface area contributed by atoms with Gasteiger partial charge < -0.3 is 9.47 Å². The second-order valence-corrected chi connectivity index (χ2v) is 5.41. The number of carbonyl (C=O) groups excluding carboxylic acids is 1. The van der Waals surface area contributed by atoms with E-state index in [9.17, 15) is 4.79 Å². The van der Waals surface area contributed by atoms with E-state index in [1.165, 1.54) is 6.92 Å². The molecule has 0 spiro atoms. The van der Waals surface area contributed by atoms with Crippen LogP contribution in [0.25, 0.3) is 0 Å². The molecule has 0 aliphatic rings. The Morgan fingerprint density at radius 1 is 1.09 bits per heavy atom. The standard InChI is InChI=1S/C11H24N2O9/c1-8(21-12(15)16)9(22-13(17)18)6-5-7-19-10(14)20-11(2,3)4/h8-9,15-18H,5-7H2,1-4H3/t8-,9-/m1/s1. The van der Waals surface area contributed by atoms with Gasteiger partial charge in [-0.1, -0.05) is 0 Å². The first-order valence-corrected chi connectivity index (χ1v) is 6.56. The Bertz CT molecular complexity index is 319. The SMILES string of the molecule is C[C@@H](ON(O)O)[C@@H](CCCOC(=O)OC(C)(C)C)ON(O)O. The van der Waals surface area contributed by atoms with E-state index in [1.807, 2.05) is 0 Å². The van der Waals surface area contributed by atoms with Crippen molar-refractivity contribution < 1.29 is 44.8 Å². The molecule has 0 aromatic rings. The Labute approximate surface area is 127 Å². The second kappa shape index (κ2) is 9.86. The number of ether oxygens (including phenoxy) is 2. The lowest BCUT2D eigenvalue weighted by Gasteiger charge is -2.25. The normalized spacial score (nSPS) is 15.0. The summed E-state index contributed by atoms with van der Waals surface area (Å²) in [4.78, 5) is 20.4. The maximum absolute atomic E-state index is 11.3. The third kappa shape index (κ3) is 11.6. The largest absolute Gasteiger partial charge is 0.508 e. The van der Waals surface area contributed by atoms with Crippen molar-refractivity contribution in [1.29, 1.82) is 0 Å². The zero-order valence-corrected chi connectivity index (χ0v) is 13.0. The molecule has 0 aromatic carbocycles. The van der Waals surface area contributed by atoms with Crippen molar-refractivity contribution in [3.63, 3.8) is 0 Å². The van der Waals surface area contributed by atoms with Gasteiger partial charge in [0.15, 0.2) is 0 Å². The van der Waals surface area contributed by atoms with Gasteiger partial charge in [0.1, 0.15) is 17.8 Å². The van der Waals surface area contributed by atoms with Gasteiger partial charge >= 0.3 is 6.16 Å². The first-order valence-electron chi connectivity index (χ1n) is 6.56. The van der Waals surface area contributed by atoms with Crippen LogP contribution in [0.3, 0.4) is 0 Å². The summed E-state index contributed by atoms with van der Waals surface area (Å²) in [6, 6.07) is 0. The lowest BCUT2D eigenvalue weighted by atomic mass is 10.1. The van der Waals surface area contributed by atoms with Gasteiger partial charge in [0, 0.05) is 0 Å². The van der Waals surface area contributed by atoms with E-state index in [2.05, 4.69) is 9.68 Å². The zero-order valence-electron chi connectivity index (χ0n) is 13.0. The highest BCUT2D eigenvalue weighted by molar-refractivity contribution is 5.60. The highest BCUT2D eigenvalue weighted by Gasteiger charge is 2.24. The van der Waals surface area contributed by atoms with Crippen LogP contribution in [0, 0.1) is 0 Å². The van der Waals surface area contributed by atoms with Crippen LogP contribution in [0.2, 0.25) is 0 Å². The minimum absolute atomic E-state index is 0.000312. The van der Waals surface area contributed by atoms with E-state index >= 15 is 0 Å². The molecule has 0 aliphatic carbocycles. The Morgan fingerprint density at radius 2 is 1.64 bits per heavy atom. The summed E-state index contributed by atoms with van der Waals surface area (Å²) in [5, 5.41) is 33.3.